The number of aromatic nitrogens is 8. The molecular weight excluding hydrogens is 408 g/mol. The molecular formula is C21H22N10O. The first-order chi connectivity index (χ1) is 15.5. The van der Waals surface area contributed by atoms with Crippen LogP contribution in [0.25, 0.3) is 11.1 Å². The molecule has 11 heteroatoms. The third-order valence-electron chi connectivity index (χ3n) is 4.64. The van der Waals surface area contributed by atoms with Gasteiger partial charge in [-0.2, -0.15) is 10.4 Å². The largest absolute Gasteiger partial charge is 0.487 e. The van der Waals surface area contributed by atoms with Gasteiger partial charge in [0, 0.05) is 30.2 Å². The molecule has 3 aromatic heterocycles. The highest BCUT2D eigenvalue weighted by Gasteiger charge is 2.12. The van der Waals surface area contributed by atoms with E-state index >= 15 is 0 Å². The van der Waals surface area contributed by atoms with Crippen LogP contribution >= 0.6 is 0 Å². The van der Waals surface area contributed by atoms with E-state index in [0.717, 1.165) is 16.8 Å². The van der Waals surface area contributed by atoms with E-state index in [0.29, 0.717) is 23.8 Å². The molecule has 4 rings (SSSR count). The van der Waals surface area contributed by atoms with Crippen molar-refractivity contribution < 1.29 is 4.74 Å². The summed E-state index contributed by atoms with van der Waals surface area (Å²) < 4.78 is 9.43. The van der Waals surface area contributed by atoms with Crippen LogP contribution in [0.5, 0.6) is 5.75 Å². The van der Waals surface area contributed by atoms with Gasteiger partial charge < -0.3 is 10.1 Å². The van der Waals surface area contributed by atoms with Crippen LogP contribution in [0.4, 0.5) is 11.6 Å². The number of nitrogens with one attached hydrogen (secondary N) is 1. The van der Waals surface area contributed by atoms with E-state index in [9.17, 15) is 5.26 Å². The molecule has 0 radical (unpaired) electrons. The number of tetrazole rings is 1. The lowest BCUT2D eigenvalue weighted by Crippen LogP contribution is -2.20. The van der Waals surface area contributed by atoms with Crippen LogP contribution < -0.4 is 10.1 Å². The maximum atomic E-state index is 9.45. The molecule has 0 spiro atoms. The highest BCUT2D eigenvalue weighted by atomic mass is 16.5. The summed E-state index contributed by atoms with van der Waals surface area (Å²) in [4.78, 5) is 8.79. The summed E-state index contributed by atoms with van der Waals surface area (Å²) in [5.74, 6) is 0.950. The van der Waals surface area contributed by atoms with Crippen molar-refractivity contribution in [1.29, 1.82) is 5.26 Å². The molecule has 1 atom stereocenters. The molecule has 1 unspecified atom stereocenters. The SMILES string of the molecule is CC(Cn1cnnn1)Oc1cc(-c2cnc(Nc3cnn(C(C)C)c3)nc2)ccc1C#N. The summed E-state index contributed by atoms with van der Waals surface area (Å²) in [6.07, 6.45) is 8.36. The van der Waals surface area contributed by atoms with Crippen molar-refractivity contribution in [3.05, 3.63) is 54.9 Å². The molecule has 32 heavy (non-hydrogen) atoms. The average molecular weight is 430 g/mol. The molecule has 162 valence electrons. The Labute approximate surface area is 184 Å². The highest BCUT2D eigenvalue weighted by molar-refractivity contribution is 5.66. The number of nitrogens with zero attached hydrogens (tertiary/aromatic N) is 9. The number of hydrogen-bond donors (Lipinski definition) is 1. The van der Waals surface area contributed by atoms with Crippen LogP contribution in [-0.2, 0) is 6.54 Å². The average Bonchev–Trinajstić information content (AvgIpc) is 3.46. The molecule has 0 aliphatic rings. The number of anilines is 2. The van der Waals surface area contributed by atoms with Gasteiger partial charge in [-0.1, -0.05) is 6.07 Å². The number of hydrogen-bond acceptors (Lipinski definition) is 9. The summed E-state index contributed by atoms with van der Waals surface area (Å²) in [6.45, 7) is 6.47. The summed E-state index contributed by atoms with van der Waals surface area (Å²) >= 11 is 0. The monoisotopic (exact) mass is 430 g/mol. The fourth-order valence-corrected chi connectivity index (χ4v) is 3.03. The van der Waals surface area contributed by atoms with Gasteiger partial charge in [-0.3, -0.25) is 4.68 Å². The molecule has 0 amide bonds. The first kappa shape index (κ1) is 20.9. The summed E-state index contributed by atoms with van der Waals surface area (Å²) in [6, 6.07) is 7.82. The van der Waals surface area contributed by atoms with Crippen LogP contribution in [0.15, 0.2) is 49.3 Å². The molecule has 0 saturated heterocycles. The maximum absolute atomic E-state index is 9.45. The van der Waals surface area contributed by atoms with E-state index in [1.165, 1.54) is 6.33 Å². The smallest absolute Gasteiger partial charge is 0.227 e. The maximum Gasteiger partial charge on any atom is 0.227 e. The molecule has 1 aromatic carbocycles. The summed E-state index contributed by atoms with van der Waals surface area (Å²) in [7, 11) is 0. The second-order valence-corrected chi connectivity index (χ2v) is 7.51. The van der Waals surface area contributed by atoms with Gasteiger partial charge >= 0.3 is 0 Å². The first-order valence-electron chi connectivity index (χ1n) is 10.1. The summed E-state index contributed by atoms with van der Waals surface area (Å²) in [5, 5.41) is 28.0. The Morgan fingerprint density at radius 3 is 2.59 bits per heavy atom. The van der Waals surface area contributed by atoms with Crippen molar-refractivity contribution >= 4 is 11.6 Å². The second kappa shape index (κ2) is 9.22. The molecule has 0 saturated carbocycles. The molecule has 0 fully saturated rings. The lowest BCUT2D eigenvalue weighted by atomic mass is 10.1. The Balaban J connectivity index is 1.49. The first-order valence-corrected chi connectivity index (χ1v) is 10.1. The zero-order valence-corrected chi connectivity index (χ0v) is 17.9. The van der Waals surface area contributed by atoms with Crippen molar-refractivity contribution in [2.24, 2.45) is 0 Å². The number of nitriles is 1. The predicted octanol–water partition coefficient (Wildman–Crippen LogP) is 2.99. The second-order valence-electron chi connectivity index (χ2n) is 7.51. The van der Waals surface area contributed by atoms with Gasteiger partial charge in [0.15, 0.2) is 0 Å². The molecule has 3 heterocycles. The lowest BCUT2D eigenvalue weighted by Gasteiger charge is -2.16. The zero-order valence-electron chi connectivity index (χ0n) is 17.9. The van der Waals surface area contributed by atoms with E-state index in [-0.39, 0.29) is 12.1 Å². The number of rotatable bonds is 8. The van der Waals surface area contributed by atoms with E-state index in [1.807, 2.05) is 29.9 Å². The van der Waals surface area contributed by atoms with Crippen molar-refractivity contribution in [2.75, 3.05) is 5.32 Å². The molecule has 0 aliphatic carbocycles. The van der Waals surface area contributed by atoms with Gasteiger partial charge in [0.1, 0.15) is 24.3 Å². The van der Waals surface area contributed by atoms with Crippen molar-refractivity contribution in [2.45, 2.75) is 39.5 Å². The quantitative estimate of drug-likeness (QED) is 0.448. The van der Waals surface area contributed by atoms with Crippen molar-refractivity contribution in [3.63, 3.8) is 0 Å². The molecule has 1 N–H and O–H groups in total. The van der Waals surface area contributed by atoms with Gasteiger partial charge in [0.2, 0.25) is 5.95 Å². The van der Waals surface area contributed by atoms with Crippen molar-refractivity contribution in [1.82, 2.24) is 40.0 Å². The fraction of sp³-hybridized carbons (Fsp3) is 0.286. The van der Waals surface area contributed by atoms with E-state index in [1.54, 1.807) is 29.3 Å². The Morgan fingerprint density at radius 2 is 1.94 bits per heavy atom. The van der Waals surface area contributed by atoms with Crippen LogP contribution in [0.1, 0.15) is 32.4 Å². The van der Waals surface area contributed by atoms with Gasteiger partial charge in [-0.25, -0.2) is 14.6 Å². The zero-order chi connectivity index (χ0) is 22.5. The van der Waals surface area contributed by atoms with Gasteiger partial charge in [0.05, 0.1) is 24.0 Å². The normalized spacial score (nSPS) is 11.8. The third kappa shape index (κ3) is 4.86. The van der Waals surface area contributed by atoms with E-state index < -0.39 is 0 Å². The van der Waals surface area contributed by atoms with Crippen molar-refractivity contribution in [3.8, 4) is 22.9 Å². The minimum absolute atomic E-state index is 0.240. The molecule has 4 aromatic rings. The highest BCUT2D eigenvalue weighted by Crippen LogP contribution is 2.28. The van der Waals surface area contributed by atoms with Crippen LogP contribution in [0.3, 0.4) is 0 Å². The molecule has 0 bridgehead atoms. The van der Waals surface area contributed by atoms with E-state index in [4.69, 9.17) is 4.74 Å². The van der Waals surface area contributed by atoms with Crippen LogP contribution in [0, 0.1) is 11.3 Å². The lowest BCUT2D eigenvalue weighted by molar-refractivity contribution is 0.192. The van der Waals surface area contributed by atoms with E-state index in [2.05, 4.69) is 55.8 Å². The Bertz CT molecular complexity index is 1210. The molecule has 0 aliphatic heterocycles. The molecule has 11 nitrogen and oxygen atoms in total. The third-order valence-corrected chi connectivity index (χ3v) is 4.64. The topological polar surface area (TPSA) is 132 Å². The predicted molar refractivity (Wildman–Crippen MR) is 116 cm³/mol. The Morgan fingerprint density at radius 1 is 1.12 bits per heavy atom. The summed E-state index contributed by atoms with van der Waals surface area (Å²) in [5.41, 5.74) is 2.90. The van der Waals surface area contributed by atoms with Gasteiger partial charge in [-0.15, -0.1) is 5.10 Å². The fourth-order valence-electron chi connectivity index (χ4n) is 3.03. The Hall–Kier alpha value is -4.33. The Kier molecular flexibility index (Phi) is 6.03. The minimum atomic E-state index is -0.240. The standard InChI is InChI=1S/C21H22N10O/c1-14(2)31-12-19(10-26-31)27-21-23-8-18(9-24-21)16-4-5-17(7-22)20(6-16)32-15(3)11-30-13-25-28-29-30/h4-6,8-10,12-15H,11H2,1-3H3,(H,23,24,27). The van der Waals surface area contributed by atoms with Gasteiger partial charge in [-0.05, 0) is 48.9 Å². The van der Waals surface area contributed by atoms with Crippen LogP contribution in [-0.4, -0.2) is 46.1 Å². The minimum Gasteiger partial charge on any atom is -0.487 e. The number of ether oxygens (including phenoxy) is 1. The number of benzene rings is 1. The van der Waals surface area contributed by atoms with Gasteiger partial charge in [0.25, 0.3) is 0 Å². The van der Waals surface area contributed by atoms with Crippen LogP contribution in [0.2, 0.25) is 0 Å².